The number of piperidine rings is 1. The van der Waals surface area contributed by atoms with Crippen LogP contribution in [0.1, 0.15) is 39.0 Å². The molecule has 16 heavy (non-hydrogen) atoms. The summed E-state index contributed by atoms with van der Waals surface area (Å²) in [5.74, 6) is 0. The van der Waals surface area contributed by atoms with E-state index in [0.717, 1.165) is 38.9 Å². The van der Waals surface area contributed by atoms with E-state index in [4.69, 9.17) is 18.0 Å². The van der Waals surface area contributed by atoms with Gasteiger partial charge < -0.3 is 15.7 Å². The molecular formula is C12H22N2OS. The number of hydrogen-bond donors (Lipinski definition) is 2. The van der Waals surface area contributed by atoms with E-state index < -0.39 is 5.60 Å². The average Bonchev–Trinajstić information content (AvgIpc) is 2.88. The summed E-state index contributed by atoms with van der Waals surface area (Å²) in [6.07, 6.45) is 5.19. The fourth-order valence-electron chi connectivity index (χ4n) is 2.60. The summed E-state index contributed by atoms with van der Waals surface area (Å²) in [5.41, 5.74) is 5.58. The van der Waals surface area contributed by atoms with Crippen LogP contribution in [-0.4, -0.2) is 40.2 Å². The number of nitrogens with two attached hydrogens (primary N) is 1. The molecule has 0 bridgehead atoms. The molecule has 1 saturated heterocycles. The topological polar surface area (TPSA) is 49.5 Å². The number of hydrogen-bond acceptors (Lipinski definition) is 3. The molecule has 2 aliphatic rings. The highest BCUT2D eigenvalue weighted by atomic mass is 32.1. The van der Waals surface area contributed by atoms with Gasteiger partial charge in [0.25, 0.3) is 0 Å². The maximum Gasteiger partial charge on any atom is 0.0733 e. The zero-order valence-corrected chi connectivity index (χ0v) is 10.9. The summed E-state index contributed by atoms with van der Waals surface area (Å²) in [4.78, 5) is 3.12. The van der Waals surface area contributed by atoms with Crippen molar-refractivity contribution in [3.63, 3.8) is 0 Å². The van der Waals surface area contributed by atoms with Crippen LogP contribution >= 0.6 is 12.2 Å². The first kappa shape index (κ1) is 12.3. The summed E-state index contributed by atoms with van der Waals surface area (Å²) in [6, 6.07) is 0. The third kappa shape index (κ3) is 3.15. The second kappa shape index (κ2) is 4.24. The Bertz CT molecular complexity index is 277. The largest absolute Gasteiger partial charge is 0.393 e. The highest BCUT2D eigenvalue weighted by molar-refractivity contribution is 7.80. The minimum atomic E-state index is -0.448. The van der Waals surface area contributed by atoms with E-state index in [1.807, 2.05) is 6.92 Å². The second-order valence-corrected chi connectivity index (χ2v) is 6.44. The molecule has 4 heteroatoms. The highest BCUT2D eigenvalue weighted by Crippen LogP contribution is 2.49. The Morgan fingerprint density at radius 3 is 2.31 bits per heavy atom. The number of rotatable bonds is 4. The van der Waals surface area contributed by atoms with E-state index in [1.54, 1.807) is 0 Å². The number of aliphatic hydroxyl groups is 1. The molecule has 3 nitrogen and oxygen atoms in total. The Morgan fingerprint density at radius 1 is 1.31 bits per heavy atom. The molecule has 0 radical (unpaired) electrons. The second-order valence-electron chi connectivity index (χ2n) is 5.92. The summed E-state index contributed by atoms with van der Waals surface area (Å²) >= 11 is 5.01. The molecule has 3 N–H and O–H groups in total. The Labute approximate surface area is 103 Å². The van der Waals surface area contributed by atoms with E-state index >= 15 is 0 Å². The van der Waals surface area contributed by atoms with Crippen LogP contribution in [0.3, 0.4) is 0 Å². The highest BCUT2D eigenvalue weighted by Gasteiger charge is 2.44. The minimum absolute atomic E-state index is 0.384. The van der Waals surface area contributed by atoms with Gasteiger partial charge in [0.1, 0.15) is 0 Å². The number of likely N-dealkylation sites (tertiary alicyclic amines) is 1. The van der Waals surface area contributed by atoms with Crippen LogP contribution < -0.4 is 5.73 Å². The van der Waals surface area contributed by atoms with Crippen LogP contribution in [0.2, 0.25) is 0 Å². The van der Waals surface area contributed by atoms with E-state index in [0.29, 0.717) is 10.4 Å². The van der Waals surface area contributed by atoms with E-state index in [-0.39, 0.29) is 0 Å². The van der Waals surface area contributed by atoms with Crippen molar-refractivity contribution in [2.24, 2.45) is 11.1 Å². The lowest BCUT2D eigenvalue weighted by molar-refractivity contribution is -0.00963. The molecule has 2 fully saturated rings. The van der Waals surface area contributed by atoms with Crippen LogP contribution in [0.4, 0.5) is 0 Å². The van der Waals surface area contributed by atoms with Crippen molar-refractivity contribution in [3.8, 4) is 0 Å². The lowest BCUT2D eigenvalue weighted by atomic mass is 9.92. The molecule has 1 saturated carbocycles. The fourth-order valence-corrected chi connectivity index (χ4v) is 2.91. The summed E-state index contributed by atoms with van der Waals surface area (Å²) < 4.78 is 0. The molecule has 0 amide bonds. The monoisotopic (exact) mass is 242 g/mol. The lowest BCUT2D eigenvalue weighted by Crippen LogP contribution is -2.44. The fraction of sp³-hybridized carbons (Fsp3) is 0.917. The summed E-state index contributed by atoms with van der Waals surface area (Å²) in [7, 11) is 0. The van der Waals surface area contributed by atoms with Gasteiger partial charge in [-0.05, 0) is 38.0 Å². The molecule has 0 spiro atoms. The third-order valence-electron chi connectivity index (χ3n) is 4.00. The molecule has 0 unspecified atom stereocenters. The average molecular weight is 242 g/mol. The molecule has 92 valence electrons. The molecule has 0 atom stereocenters. The zero-order chi connectivity index (χ0) is 11.8. The van der Waals surface area contributed by atoms with Crippen molar-refractivity contribution in [1.29, 1.82) is 0 Å². The predicted molar refractivity (Wildman–Crippen MR) is 69.4 cm³/mol. The molecule has 1 aliphatic carbocycles. The zero-order valence-electron chi connectivity index (χ0n) is 10.0. The first-order chi connectivity index (χ1) is 7.41. The van der Waals surface area contributed by atoms with Crippen LogP contribution in [0.25, 0.3) is 0 Å². The first-order valence-corrected chi connectivity index (χ1v) is 6.55. The van der Waals surface area contributed by atoms with Crippen molar-refractivity contribution in [1.82, 2.24) is 4.90 Å². The van der Waals surface area contributed by atoms with Crippen molar-refractivity contribution in [2.45, 2.75) is 44.6 Å². The SMILES string of the molecule is CC1(O)CCN(CC2(CC(N)=S)CC2)CC1. The van der Waals surface area contributed by atoms with Gasteiger partial charge in [0.05, 0.1) is 10.6 Å². The predicted octanol–water partition coefficient (Wildman–Crippen LogP) is 1.29. The Morgan fingerprint density at radius 2 is 1.88 bits per heavy atom. The van der Waals surface area contributed by atoms with Crippen molar-refractivity contribution >= 4 is 17.2 Å². The summed E-state index contributed by atoms with van der Waals surface area (Å²) in [5, 5.41) is 9.88. The van der Waals surface area contributed by atoms with Gasteiger partial charge in [-0.15, -0.1) is 0 Å². The lowest BCUT2D eigenvalue weighted by Gasteiger charge is -2.37. The van der Waals surface area contributed by atoms with Gasteiger partial charge in [-0.1, -0.05) is 12.2 Å². The number of nitrogens with zero attached hydrogens (tertiary/aromatic N) is 1. The summed E-state index contributed by atoms with van der Waals surface area (Å²) in [6.45, 7) is 5.06. The minimum Gasteiger partial charge on any atom is -0.393 e. The Kier molecular flexibility index (Phi) is 3.25. The standard InChI is InChI=1S/C12H22N2OS/c1-11(15)4-6-14(7-5-11)9-12(2-3-12)8-10(13)16/h15H,2-9H2,1H3,(H2,13,16). The van der Waals surface area contributed by atoms with Gasteiger partial charge in [0.15, 0.2) is 0 Å². The maximum atomic E-state index is 9.88. The molecule has 0 aromatic carbocycles. The van der Waals surface area contributed by atoms with Gasteiger partial charge in [0, 0.05) is 26.1 Å². The van der Waals surface area contributed by atoms with E-state index in [1.165, 1.54) is 12.8 Å². The smallest absolute Gasteiger partial charge is 0.0733 e. The molecule has 1 heterocycles. The molecular weight excluding hydrogens is 220 g/mol. The Balaban J connectivity index is 1.81. The number of thiocarbonyl (C=S) groups is 1. The van der Waals surface area contributed by atoms with Gasteiger partial charge in [-0.3, -0.25) is 0 Å². The van der Waals surface area contributed by atoms with Crippen LogP contribution in [0, 0.1) is 5.41 Å². The molecule has 1 aliphatic heterocycles. The molecule has 0 aromatic heterocycles. The quantitative estimate of drug-likeness (QED) is 0.729. The normalized spacial score (nSPS) is 27.6. The van der Waals surface area contributed by atoms with Crippen LogP contribution in [0.5, 0.6) is 0 Å². The van der Waals surface area contributed by atoms with Gasteiger partial charge in [0.2, 0.25) is 0 Å². The van der Waals surface area contributed by atoms with Crippen molar-refractivity contribution in [2.75, 3.05) is 19.6 Å². The first-order valence-electron chi connectivity index (χ1n) is 6.14. The maximum absolute atomic E-state index is 9.88. The van der Waals surface area contributed by atoms with Crippen molar-refractivity contribution in [3.05, 3.63) is 0 Å². The molecule has 2 rings (SSSR count). The van der Waals surface area contributed by atoms with Gasteiger partial charge in [-0.25, -0.2) is 0 Å². The van der Waals surface area contributed by atoms with E-state index in [2.05, 4.69) is 4.90 Å². The van der Waals surface area contributed by atoms with Gasteiger partial charge >= 0.3 is 0 Å². The van der Waals surface area contributed by atoms with Crippen LogP contribution in [0.15, 0.2) is 0 Å². The third-order valence-corrected chi connectivity index (χ3v) is 4.14. The van der Waals surface area contributed by atoms with Crippen molar-refractivity contribution < 1.29 is 5.11 Å². The Hall–Kier alpha value is -0.190. The van der Waals surface area contributed by atoms with Gasteiger partial charge in [-0.2, -0.15) is 0 Å². The molecule has 0 aromatic rings. The van der Waals surface area contributed by atoms with Crippen LogP contribution in [-0.2, 0) is 0 Å². The van der Waals surface area contributed by atoms with E-state index in [9.17, 15) is 5.11 Å².